The topological polar surface area (TPSA) is 87.1 Å². The minimum atomic E-state index is -0.710. The normalized spacial score (nSPS) is 19.5. The molecule has 216 valence electrons. The van der Waals surface area contributed by atoms with E-state index < -0.39 is 11.4 Å². The number of nitrogens with zero attached hydrogens (tertiary/aromatic N) is 4. The molecular formula is C31H42N4O5. The third-order valence-electron chi connectivity index (χ3n) is 8.40. The Morgan fingerprint density at radius 1 is 1.05 bits per heavy atom. The molecule has 3 aliphatic heterocycles. The lowest BCUT2D eigenvalue weighted by Crippen LogP contribution is -2.61. The van der Waals surface area contributed by atoms with Gasteiger partial charge in [-0.25, -0.2) is 0 Å². The van der Waals surface area contributed by atoms with Crippen molar-refractivity contribution in [2.75, 3.05) is 58.4 Å². The first-order chi connectivity index (χ1) is 19.1. The average Bonchev–Trinajstić information content (AvgIpc) is 3.35. The molecule has 9 nitrogen and oxygen atoms in total. The number of amidine groups is 1. The van der Waals surface area contributed by atoms with E-state index in [1.165, 1.54) is 0 Å². The summed E-state index contributed by atoms with van der Waals surface area (Å²) in [6, 6.07) is 12.7. The maximum absolute atomic E-state index is 11.6. The zero-order chi connectivity index (χ0) is 28.5. The molecule has 1 N–H and O–H groups in total. The van der Waals surface area contributed by atoms with Crippen LogP contribution < -0.4 is 14.4 Å². The van der Waals surface area contributed by atoms with Crippen LogP contribution in [-0.2, 0) is 16.2 Å². The third kappa shape index (κ3) is 5.57. The Kier molecular flexibility index (Phi) is 7.86. The van der Waals surface area contributed by atoms with Crippen molar-refractivity contribution in [3.8, 4) is 22.6 Å². The molecule has 40 heavy (non-hydrogen) atoms. The highest BCUT2D eigenvalue weighted by atomic mass is 16.7. The molecule has 3 heterocycles. The van der Waals surface area contributed by atoms with Gasteiger partial charge in [0.25, 0.3) is 0 Å². The number of hydrogen-bond acceptors (Lipinski definition) is 8. The molecule has 0 bridgehead atoms. The van der Waals surface area contributed by atoms with Crippen LogP contribution in [0, 0.1) is 5.41 Å². The van der Waals surface area contributed by atoms with Crippen LogP contribution in [0.3, 0.4) is 0 Å². The fourth-order valence-corrected chi connectivity index (χ4v) is 5.94. The highest BCUT2D eigenvalue weighted by molar-refractivity contribution is 5.85. The summed E-state index contributed by atoms with van der Waals surface area (Å²) in [5.41, 5.74) is 3.39. The predicted molar refractivity (Wildman–Crippen MR) is 156 cm³/mol. The summed E-state index contributed by atoms with van der Waals surface area (Å²) < 4.78 is 12.3. The van der Waals surface area contributed by atoms with Gasteiger partial charge in [0.05, 0.1) is 30.6 Å². The Bertz CT molecular complexity index is 1220. The fraction of sp³-hybridized carbons (Fsp3) is 0.548. The molecule has 0 aromatic heterocycles. The Balaban J connectivity index is 1.25. The zero-order valence-corrected chi connectivity index (χ0v) is 24.4. The summed E-state index contributed by atoms with van der Waals surface area (Å²) in [5, 5.41) is 14.0. The number of carboxylic acids is 1. The molecule has 2 saturated heterocycles. The molecule has 2 fully saturated rings. The molecule has 3 aliphatic rings. The minimum absolute atomic E-state index is 0.289. The number of anilines is 1. The van der Waals surface area contributed by atoms with Gasteiger partial charge >= 0.3 is 5.97 Å². The van der Waals surface area contributed by atoms with Gasteiger partial charge in [-0.1, -0.05) is 17.3 Å². The second kappa shape index (κ2) is 11.2. The summed E-state index contributed by atoms with van der Waals surface area (Å²) in [4.78, 5) is 24.2. The molecule has 1 spiro atoms. The van der Waals surface area contributed by atoms with E-state index in [0.29, 0.717) is 39.1 Å². The third-order valence-corrected chi connectivity index (χ3v) is 8.40. The van der Waals surface area contributed by atoms with Crippen LogP contribution in [0.2, 0.25) is 0 Å². The van der Waals surface area contributed by atoms with Crippen molar-refractivity contribution < 1.29 is 24.2 Å². The maximum Gasteiger partial charge on any atom is 0.309 e. The Morgan fingerprint density at radius 3 is 2.17 bits per heavy atom. The van der Waals surface area contributed by atoms with Crippen molar-refractivity contribution >= 4 is 17.5 Å². The quantitative estimate of drug-likeness (QED) is 0.481. The van der Waals surface area contributed by atoms with Crippen molar-refractivity contribution in [1.82, 2.24) is 9.80 Å². The molecule has 0 aliphatic carbocycles. The number of carbonyl (C=O) groups is 1. The van der Waals surface area contributed by atoms with Gasteiger partial charge in [-0.3, -0.25) is 9.69 Å². The molecular weight excluding hydrogens is 508 g/mol. The van der Waals surface area contributed by atoms with Crippen LogP contribution in [0.1, 0.15) is 45.6 Å². The number of likely N-dealkylation sites (tertiary alicyclic amines) is 2. The van der Waals surface area contributed by atoms with E-state index in [0.717, 1.165) is 65.8 Å². The first kappa shape index (κ1) is 28.1. The average molecular weight is 551 g/mol. The predicted octanol–water partition coefficient (Wildman–Crippen LogP) is 4.69. The molecule has 0 unspecified atom stereocenters. The van der Waals surface area contributed by atoms with E-state index in [-0.39, 0.29) is 5.60 Å². The largest absolute Gasteiger partial charge is 0.493 e. The van der Waals surface area contributed by atoms with E-state index in [1.807, 2.05) is 34.9 Å². The SMILES string of the molecule is CCOc1cc(CN2CC3(CC(N4CCC(C)(C(=O)O)CC4)=NO3)C2)cc(OCC)c1-c1ccc(N(C)C)cc1. The van der Waals surface area contributed by atoms with Crippen LogP contribution in [0.4, 0.5) is 5.69 Å². The van der Waals surface area contributed by atoms with Crippen molar-refractivity contribution in [3.05, 3.63) is 42.0 Å². The smallest absolute Gasteiger partial charge is 0.309 e. The fourth-order valence-electron chi connectivity index (χ4n) is 5.94. The standard InChI is InChI=1S/C31H42N4O5/c1-6-38-25-16-22(17-26(39-7-2)28(25)23-8-10-24(11-9-23)33(4)5)19-34-20-31(21-34)18-27(32-40-31)35-14-12-30(3,13-15-35)29(36)37/h8-11,16-17H,6-7,12-15,18-21H2,1-5H3,(H,36,37). The van der Waals surface area contributed by atoms with E-state index in [9.17, 15) is 9.90 Å². The van der Waals surface area contributed by atoms with Gasteiger partial charge in [0.1, 0.15) is 17.3 Å². The number of hydrogen-bond donors (Lipinski definition) is 1. The molecule has 0 radical (unpaired) electrons. The van der Waals surface area contributed by atoms with Gasteiger partial charge in [-0.05, 0) is 69.0 Å². The molecule has 0 atom stereocenters. The van der Waals surface area contributed by atoms with Gasteiger partial charge < -0.3 is 29.2 Å². The molecule has 2 aromatic rings. The zero-order valence-electron chi connectivity index (χ0n) is 24.4. The molecule has 0 amide bonds. The monoisotopic (exact) mass is 550 g/mol. The Hall–Kier alpha value is -3.46. The first-order valence-corrected chi connectivity index (χ1v) is 14.3. The Morgan fingerprint density at radius 2 is 1.65 bits per heavy atom. The lowest BCUT2D eigenvalue weighted by atomic mass is 9.80. The highest BCUT2D eigenvalue weighted by Crippen LogP contribution is 2.42. The summed E-state index contributed by atoms with van der Waals surface area (Å²) in [6.45, 7) is 10.7. The molecule has 2 aromatic carbocycles. The van der Waals surface area contributed by atoms with Gasteiger partial charge in [-0.15, -0.1) is 0 Å². The van der Waals surface area contributed by atoms with Crippen LogP contribution in [0.15, 0.2) is 41.6 Å². The van der Waals surface area contributed by atoms with E-state index >= 15 is 0 Å². The van der Waals surface area contributed by atoms with Crippen LogP contribution in [0.25, 0.3) is 11.1 Å². The van der Waals surface area contributed by atoms with Crippen LogP contribution in [-0.4, -0.2) is 85.8 Å². The lowest BCUT2D eigenvalue weighted by Gasteiger charge is -2.45. The van der Waals surface area contributed by atoms with Crippen molar-refractivity contribution in [2.24, 2.45) is 10.6 Å². The first-order valence-electron chi connectivity index (χ1n) is 14.3. The van der Waals surface area contributed by atoms with Gasteiger partial charge in [0.15, 0.2) is 5.60 Å². The molecule has 0 saturated carbocycles. The van der Waals surface area contributed by atoms with E-state index in [2.05, 4.69) is 56.3 Å². The molecule has 9 heteroatoms. The van der Waals surface area contributed by atoms with E-state index in [1.54, 1.807) is 0 Å². The Labute approximate surface area is 237 Å². The van der Waals surface area contributed by atoms with Crippen LogP contribution >= 0.6 is 0 Å². The number of carboxylic acid groups (broad SMARTS) is 1. The number of piperidine rings is 1. The maximum atomic E-state index is 11.6. The van der Waals surface area contributed by atoms with Gasteiger partial charge in [0, 0.05) is 52.5 Å². The second-order valence-corrected chi connectivity index (χ2v) is 11.7. The minimum Gasteiger partial charge on any atom is -0.493 e. The second-order valence-electron chi connectivity index (χ2n) is 11.7. The molecule has 5 rings (SSSR count). The lowest BCUT2D eigenvalue weighted by molar-refractivity contribution is -0.150. The number of rotatable bonds is 9. The number of ether oxygens (including phenoxy) is 2. The number of oxime groups is 1. The van der Waals surface area contributed by atoms with Crippen molar-refractivity contribution in [2.45, 2.75) is 52.2 Å². The van der Waals surface area contributed by atoms with Crippen molar-refractivity contribution in [1.29, 1.82) is 0 Å². The summed E-state index contributed by atoms with van der Waals surface area (Å²) in [7, 11) is 4.07. The summed E-state index contributed by atoms with van der Waals surface area (Å²) >= 11 is 0. The summed E-state index contributed by atoms with van der Waals surface area (Å²) in [6.07, 6.45) is 2.02. The van der Waals surface area contributed by atoms with Crippen LogP contribution in [0.5, 0.6) is 11.5 Å². The van der Waals surface area contributed by atoms with E-state index in [4.69, 9.17) is 14.3 Å². The van der Waals surface area contributed by atoms with Gasteiger partial charge in [-0.2, -0.15) is 0 Å². The van der Waals surface area contributed by atoms with Gasteiger partial charge in [0.2, 0.25) is 0 Å². The highest BCUT2D eigenvalue weighted by Gasteiger charge is 2.51. The van der Waals surface area contributed by atoms with Crippen molar-refractivity contribution in [3.63, 3.8) is 0 Å². The number of benzene rings is 2. The number of aliphatic carboxylic acids is 1. The summed E-state index contributed by atoms with van der Waals surface area (Å²) in [5.74, 6) is 1.90.